The summed E-state index contributed by atoms with van der Waals surface area (Å²) in [4.78, 5) is 32.6. The van der Waals surface area contributed by atoms with Gasteiger partial charge in [0.05, 0.1) is 12.7 Å². The topological polar surface area (TPSA) is 95.7 Å². The van der Waals surface area contributed by atoms with Crippen LogP contribution in [0.2, 0.25) is 0 Å². The number of cyclic esters (lactones) is 1. The summed E-state index contributed by atoms with van der Waals surface area (Å²) in [6.45, 7) is 0.232. The van der Waals surface area contributed by atoms with Crippen LogP contribution < -0.4 is 0 Å². The molecular formula is C14H13NO6. The van der Waals surface area contributed by atoms with E-state index in [9.17, 15) is 19.7 Å². The third kappa shape index (κ3) is 3.25. The average Bonchev–Trinajstić information content (AvgIpc) is 2.83. The van der Waals surface area contributed by atoms with E-state index >= 15 is 0 Å². The number of methoxy groups -OCH3 is 1. The Bertz CT molecular complexity index is 622. The van der Waals surface area contributed by atoms with E-state index in [0.29, 0.717) is 5.56 Å². The molecule has 110 valence electrons. The zero-order valence-corrected chi connectivity index (χ0v) is 11.3. The van der Waals surface area contributed by atoms with Gasteiger partial charge in [0.15, 0.2) is 0 Å². The van der Waals surface area contributed by atoms with Crippen LogP contribution in [0.1, 0.15) is 27.9 Å². The van der Waals surface area contributed by atoms with Crippen LogP contribution in [-0.4, -0.2) is 30.0 Å². The molecule has 21 heavy (non-hydrogen) atoms. The number of hydrogen-bond donors (Lipinski definition) is 0. The second-order valence-corrected chi connectivity index (χ2v) is 4.46. The molecule has 0 bridgehead atoms. The summed E-state index contributed by atoms with van der Waals surface area (Å²) in [7, 11) is 1.11. The Labute approximate surface area is 120 Å². The van der Waals surface area contributed by atoms with Gasteiger partial charge in [0, 0.05) is 16.9 Å². The minimum atomic E-state index is -1.41. The Morgan fingerprint density at radius 1 is 1.57 bits per heavy atom. The first-order valence-electron chi connectivity index (χ1n) is 6.21. The first-order valence-corrected chi connectivity index (χ1v) is 6.21. The standard InChI is InChI=1S/C14H13NO6/c1-20-14(17)12(15(18)19)4-2-3-9-5-6-11-10(7-9)8-21-13(11)16/h2-3,5-7,12H,4,8H2,1H3/b3-2+. The number of hydrogen-bond acceptors (Lipinski definition) is 6. The van der Waals surface area contributed by atoms with Gasteiger partial charge in [-0.05, 0) is 17.7 Å². The van der Waals surface area contributed by atoms with Crippen LogP contribution in [0, 0.1) is 10.1 Å². The summed E-state index contributed by atoms with van der Waals surface area (Å²) in [6, 6.07) is 3.72. The number of esters is 2. The van der Waals surface area contributed by atoms with Crippen LogP contribution in [0.3, 0.4) is 0 Å². The SMILES string of the molecule is COC(=O)C(C/C=C/c1ccc2c(c1)COC2=O)[N+](=O)[O-]. The van der Waals surface area contributed by atoms with Gasteiger partial charge in [-0.15, -0.1) is 0 Å². The molecule has 0 saturated carbocycles. The van der Waals surface area contributed by atoms with E-state index in [4.69, 9.17) is 4.74 Å². The Balaban J connectivity index is 2.06. The van der Waals surface area contributed by atoms with Gasteiger partial charge in [-0.2, -0.15) is 0 Å². The van der Waals surface area contributed by atoms with Crippen LogP contribution in [0.4, 0.5) is 0 Å². The van der Waals surface area contributed by atoms with Crippen molar-refractivity contribution in [2.24, 2.45) is 0 Å². The van der Waals surface area contributed by atoms with Crippen molar-refractivity contribution < 1.29 is 24.0 Å². The van der Waals surface area contributed by atoms with Crippen LogP contribution in [-0.2, 0) is 20.9 Å². The molecule has 0 amide bonds. The highest BCUT2D eigenvalue weighted by Crippen LogP contribution is 2.21. The molecular weight excluding hydrogens is 278 g/mol. The molecule has 0 aliphatic carbocycles. The summed E-state index contributed by atoms with van der Waals surface area (Å²) >= 11 is 0. The summed E-state index contributed by atoms with van der Waals surface area (Å²) in [6.07, 6.45) is 3.12. The second-order valence-electron chi connectivity index (χ2n) is 4.46. The number of carbonyl (C=O) groups is 2. The number of carbonyl (C=O) groups excluding carboxylic acids is 2. The summed E-state index contributed by atoms with van der Waals surface area (Å²) in [5.41, 5.74) is 2.09. The van der Waals surface area contributed by atoms with Gasteiger partial charge in [-0.25, -0.2) is 9.59 Å². The van der Waals surface area contributed by atoms with Gasteiger partial charge in [-0.1, -0.05) is 18.2 Å². The van der Waals surface area contributed by atoms with Gasteiger partial charge in [0.25, 0.3) is 0 Å². The molecule has 1 aromatic carbocycles. The predicted molar refractivity (Wildman–Crippen MR) is 72.0 cm³/mol. The fourth-order valence-electron chi connectivity index (χ4n) is 1.99. The van der Waals surface area contributed by atoms with Crippen molar-refractivity contribution in [1.82, 2.24) is 0 Å². The Morgan fingerprint density at radius 2 is 2.33 bits per heavy atom. The Hall–Kier alpha value is -2.70. The maximum absolute atomic E-state index is 11.3. The van der Waals surface area contributed by atoms with Crippen molar-refractivity contribution >= 4 is 18.0 Å². The van der Waals surface area contributed by atoms with Crippen LogP contribution in [0.15, 0.2) is 24.3 Å². The van der Waals surface area contributed by atoms with Gasteiger partial charge in [0.1, 0.15) is 6.61 Å². The summed E-state index contributed by atoms with van der Waals surface area (Å²) < 4.78 is 9.27. The van der Waals surface area contributed by atoms with Gasteiger partial charge < -0.3 is 9.47 Å². The Kier molecular flexibility index (Phi) is 4.32. The molecule has 1 aliphatic heterocycles. The zero-order valence-electron chi connectivity index (χ0n) is 11.3. The number of ether oxygens (including phenoxy) is 2. The van der Waals surface area contributed by atoms with Gasteiger partial charge >= 0.3 is 18.0 Å². The van der Waals surface area contributed by atoms with E-state index in [2.05, 4.69) is 4.74 Å². The van der Waals surface area contributed by atoms with E-state index in [0.717, 1.165) is 18.2 Å². The number of nitro groups is 1. The van der Waals surface area contributed by atoms with Crippen LogP contribution in [0.5, 0.6) is 0 Å². The lowest BCUT2D eigenvalue weighted by Gasteiger charge is -2.04. The molecule has 7 nitrogen and oxygen atoms in total. The molecule has 2 rings (SSSR count). The van der Waals surface area contributed by atoms with Gasteiger partial charge in [0.2, 0.25) is 0 Å². The third-order valence-corrected chi connectivity index (χ3v) is 3.11. The van der Waals surface area contributed by atoms with Crippen LogP contribution in [0.25, 0.3) is 6.08 Å². The summed E-state index contributed by atoms with van der Waals surface area (Å²) in [5.74, 6) is -1.22. The predicted octanol–water partition coefficient (Wildman–Crippen LogP) is 1.58. The maximum Gasteiger partial charge on any atom is 0.381 e. The second kappa shape index (κ2) is 6.17. The number of benzene rings is 1. The van der Waals surface area contributed by atoms with E-state index in [-0.39, 0.29) is 19.0 Å². The van der Waals surface area contributed by atoms with Gasteiger partial charge in [-0.3, -0.25) is 10.1 Å². The van der Waals surface area contributed by atoms with E-state index in [1.54, 1.807) is 24.3 Å². The monoisotopic (exact) mass is 291 g/mol. The number of nitrogens with zero attached hydrogens (tertiary/aromatic N) is 1. The highest BCUT2D eigenvalue weighted by molar-refractivity contribution is 5.93. The smallest absolute Gasteiger partial charge is 0.381 e. The molecule has 1 atom stereocenters. The molecule has 0 radical (unpaired) electrons. The third-order valence-electron chi connectivity index (χ3n) is 3.11. The molecule has 1 aromatic rings. The van der Waals surface area contributed by atoms with Crippen molar-refractivity contribution in [1.29, 1.82) is 0 Å². The molecule has 1 heterocycles. The Morgan fingerprint density at radius 3 is 3.00 bits per heavy atom. The molecule has 0 fully saturated rings. The molecule has 0 saturated heterocycles. The minimum absolute atomic E-state index is 0.0633. The molecule has 0 N–H and O–H groups in total. The summed E-state index contributed by atoms with van der Waals surface area (Å²) in [5, 5.41) is 10.7. The highest BCUT2D eigenvalue weighted by Gasteiger charge is 2.29. The lowest BCUT2D eigenvalue weighted by molar-refractivity contribution is -0.509. The van der Waals surface area contributed by atoms with E-state index in [1.807, 2.05) is 0 Å². The number of fused-ring (bicyclic) bond motifs is 1. The average molecular weight is 291 g/mol. The van der Waals surface area contributed by atoms with Crippen molar-refractivity contribution in [3.8, 4) is 0 Å². The largest absolute Gasteiger partial charge is 0.464 e. The maximum atomic E-state index is 11.3. The molecule has 0 spiro atoms. The first kappa shape index (κ1) is 14.7. The molecule has 0 aromatic heterocycles. The quantitative estimate of drug-likeness (QED) is 0.464. The first-order chi connectivity index (χ1) is 10.0. The van der Waals surface area contributed by atoms with Crippen molar-refractivity contribution in [2.75, 3.05) is 7.11 Å². The minimum Gasteiger partial charge on any atom is -0.464 e. The van der Waals surface area contributed by atoms with Crippen LogP contribution >= 0.6 is 0 Å². The van der Waals surface area contributed by atoms with Crippen molar-refractivity contribution in [2.45, 2.75) is 19.1 Å². The lowest BCUT2D eigenvalue weighted by atomic mass is 10.1. The molecule has 1 unspecified atom stereocenters. The van der Waals surface area contributed by atoms with E-state index < -0.39 is 16.9 Å². The fraction of sp³-hybridized carbons (Fsp3) is 0.286. The van der Waals surface area contributed by atoms with Crippen molar-refractivity contribution in [3.05, 3.63) is 51.1 Å². The highest BCUT2D eigenvalue weighted by atomic mass is 16.6. The van der Waals surface area contributed by atoms with E-state index in [1.165, 1.54) is 6.08 Å². The normalized spacial score (nSPS) is 14.6. The zero-order chi connectivity index (χ0) is 15.4. The fourth-order valence-corrected chi connectivity index (χ4v) is 1.99. The molecule has 7 heteroatoms. The molecule has 1 aliphatic rings. The number of rotatable bonds is 5. The van der Waals surface area contributed by atoms with Crippen molar-refractivity contribution in [3.63, 3.8) is 0 Å². The lowest BCUT2D eigenvalue weighted by Crippen LogP contribution is -2.29.